The molecule has 1 saturated heterocycles. The smallest absolute Gasteiger partial charge is 0.257 e. The average Bonchev–Trinajstić information content (AvgIpc) is 3.69. The fourth-order valence-electron chi connectivity index (χ4n) is 6.08. The van der Waals surface area contributed by atoms with Gasteiger partial charge in [0.15, 0.2) is 28.8 Å². The molecule has 1 unspecified atom stereocenters. The Morgan fingerprint density at radius 3 is 2.12 bits per heavy atom. The Morgan fingerprint density at radius 1 is 0.898 bits per heavy atom. The second-order valence-electron chi connectivity index (χ2n) is 11.5. The quantitative estimate of drug-likeness (QED) is 0.192. The van der Waals surface area contributed by atoms with Gasteiger partial charge in [-0.1, -0.05) is 48.5 Å². The molecule has 13 heteroatoms. The third-order valence-electron chi connectivity index (χ3n) is 8.59. The van der Waals surface area contributed by atoms with Gasteiger partial charge in [0.05, 0.1) is 46.0 Å². The van der Waals surface area contributed by atoms with Crippen LogP contribution in [0.3, 0.4) is 0 Å². The van der Waals surface area contributed by atoms with Gasteiger partial charge in [-0.3, -0.25) is 9.80 Å². The lowest BCUT2D eigenvalue weighted by molar-refractivity contribution is -0.115. The topological polar surface area (TPSA) is 140 Å². The van der Waals surface area contributed by atoms with E-state index < -0.39 is 58.1 Å². The summed E-state index contributed by atoms with van der Waals surface area (Å²) in [5.74, 6) is -6.76. The number of aliphatic hydroxyl groups excluding tert-OH is 1. The monoisotopic (exact) mass is 663 g/mol. The number of hydrogen-bond acceptors (Lipinski definition) is 8. The highest BCUT2D eigenvalue weighted by Gasteiger charge is 2.39. The highest BCUT2D eigenvalue weighted by atomic mass is 19.2. The number of allylic oxidation sites excluding steroid dienone is 2. The predicted molar refractivity (Wildman–Crippen MR) is 171 cm³/mol. The first-order chi connectivity index (χ1) is 23.7. The van der Waals surface area contributed by atoms with Gasteiger partial charge >= 0.3 is 0 Å². The minimum atomic E-state index is -1.53. The maximum absolute atomic E-state index is 15.9. The van der Waals surface area contributed by atoms with Crippen molar-refractivity contribution in [3.05, 3.63) is 123 Å². The van der Waals surface area contributed by atoms with E-state index >= 15 is 17.6 Å². The van der Waals surface area contributed by atoms with E-state index in [1.54, 1.807) is 66.7 Å². The molecule has 49 heavy (non-hydrogen) atoms. The molecule has 6 rings (SSSR count). The number of carbonyl (C=O) groups excluding carboxylic acids is 1. The van der Waals surface area contributed by atoms with Crippen molar-refractivity contribution >= 4 is 29.1 Å². The Balaban J connectivity index is 1.36. The van der Waals surface area contributed by atoms with Crippen molar-refractivity contribution in [2.75, 3.05) is 23.0 Å². The van der Waals surface area contributed by atoms with E-state index in [9.17, 15) is 15.2 Å². The number of hydrazone groups is 1. The van der Waals surface area contributed by atoms with E-state index in [1.807, 2.05) is 6.07 Å². The third kappa shape index (κ3) is 6.02. The molecule has 1 amide bonds. The van der Waals surface area contributed by atoms with Gasteiger partial charge in [-0.2, -0.15) is 20.9 Å². The molecule has 244 valence electrons. The van der Waals surface area contributed by atoms with Gasteiger partial charge in [-0.15, -0.1) is 0 Å². The number of benzene rings is 3. The molecule has 3 heterocycles. The Kier molecular flexibility index (Phi) is 9.00. The van der Waals surface area contributed by atoms with Gasteiger partial charge < -0.3 is 15.3 Å². The van der Waals surface area contributed by atoms with E-state index in [0.29, 0.717) is 22.5 Å². The Bertz CT molecular complexity index is 2050. The van der Waals surface area contributed by atoms with Crippen molar-refractivity contribution in [2.45, 2.75) is 31.4 Å². The average molecular weight is 664 g/mol. The predicted octanol–water partition coefficient (Wildman–Crippen LogP) is 5.82. The number of carbonyl (C=O) groups is 1. The molecule has 3 aromatic rings. The fraction of sp³-hybridized carbons (Fsp3) is 0.194. The van der Waals surface area contributed by atoms with E-state index in [0.717, 1.165) is 0 Å². The second kappa shape index (κ2) is 13.5. The summed E-state index contributed by atoms with van der Waals surface area (Å²) in [6.45, 7) is 0.0620. The van der Waals surface area contributed by atoms with Crippen molar-refractivity contribution in [3.8, 4) is 18.2 Å². The molecule has 0 aliphatic carbocycles. The van der Waals surface area contributed by atoms with Crippen molar-refractivity contribution < 1.29 is 27.5 Å². The first kappa shape index (κ1) is 32.7. The summed E-state index contributed by atoms with van der Waals surface area (Å²) >= 11 is 0. The van der Waals surface area contributed by atoms with Crippen LogP contribution in [0, 0.1) is 57.3 Å². The normalized spacial score (nSPS) is 18.0. The van der Waals surface area contributed by atoms with Crippen molar-refractivity contribution in [1.29, 1.82) is 15.8 Å². The highest BCUT2D eigenvalue weighted by molar-refractivity contribution is 6.05. The molecule has 1 atom stereocenters. The van der Waals surface area contributed by atoms with Gasteiger partial charge in [0.2, 0.25) is 0 Å². The van der Waals surface area contributed by atoms with Crippen LogP contribution in [0.5, 0.6) is 0 Å². The summed E-state index contributed by atoms with van der Waals surface area (Å²) in [6, 6.07) is 19.1. The van der Waals surface area contributed by atoms with Gasteiger partial charge in [0.25, 0.3) is 5.91 Å². The third-order valence-corrected chi connectivity index (χ3v) is 8.59. The Morgan fingerprint density at radius 2 is 1.53 bits per heavy atom. The SMILES string of the molecule is N#CC(C#N)=C1NC(=O)C(/C=C/c2ccc(N3N=C(c4ccccc4)CC3c3c(F)c(F)c(N4CCC(O)CC4)c(F)c3F)cc2)=C1C#N. The lowest BCUT2D eigenvalue weighted by Crippen LogP contribution is -2.37. The van der Waals surface area contributed by atoms with Crippen LogP contribution < -0.4 is 15.2 Å². The van der Waals surface area contributed by atoms with Crippen LogP contribution in [0.15, 0.2) is 88.2 Å². The fourth-order valence-corrected chi connectivity index (χ4v) is 6.08. The molecular formula is C36H25F4N7O2. The van der Waals surface area contributed by atoms with Crippen molar-refractivity contribution in [3.63, 3.8) is 0 Å². The molecule has 0 aromatic heterocycles. The number of amides is 1. The lowest BCUT2D eigenvalue weighted by atomic mass is 9.95. The van der Waals surface area contributed by atoms with Gasteiger partial charge in [0, 0.05) is 19.5 Å². The Hall–Kier alpha value is -6.23. The first-order valence-electron chi connectivity index (χ1n) is 15.2. The van der Waals surface area contributed by atoms with Crippen LogP contribution in [0.1, 0.15) is 42.0 Å². The van der Waals surface area contributed by atoms with Crippen LogP contribution in [0.25, 0.3) is 6.08 Å². The zero-order valence-corrected chi connectivity index (χ0v) is 25.6. The van der Waals surface area contributed by atoms with Crippen molar-refractivity contribution in [1.82, 2.24) is 5.32 Å². The summed E-state index contributed by atoms with van der Waals surface area (Å²) < 4.78 is 63.0. The van der Waals surface area contributed by atoms with Gasteiger partial charge in [-0.25, -0.2) is 17.6 Å². The molecule has 1 fully saturated rings. The maximum atomic E-state index is 15.9. The van der Waals surface area contributed by atoms with E-state index in [-0.39, 0.29) is 49.2 Å². The van der Waals surface area contributed by atoms with Crippen LogP contribution in [0.2, 0.25) is 0 Å². The molecule has 3 aliphatic rings. The molecule has 0 saturated carbocycles. The zero-order chi connectivity index (χ0) is 34.8. The maximum Gasteiger partial charge on any atom is 0.257 e. The number of piperidine rings is 1. The standard InChI is InChI=1S/C36H25F4N7O2/c37-30-29(31(38)33(40)35(32(30)39)46-14-12-24(48)13-15-46)28-16-27(21-4-2-1-3-5-21)45-47(28)23-9-6-20(7-10-23)8-11-25-26(19-43)34(44-36(25)49)22(17-41)18-42/h1-11,24,28,48H,12-16H2,(H,44,49)/b11-8+. The number of aliphatic hydroxyl groups is 1. The van der Waals surface area contributed by atoms with E-state index in [2.05, 4.69) is 10.4 Å². The molecular weight excluding hydrogens is 638 g/mol. The van der Waals surface area contributed by atoms with Crippen LogP contribution >= 0.6 is 0 Å². The van der Waals surface area contributed by atoms with Crippen LogP contribution in [0.4, 0.5) is 28.9 Å². The lowest BCUT2D eigenvalue weighted by Gasteiger charge is -2.33. The van der Waals surface area contributed by atoms with Crippen molar-refractivity contribution in [2.24, 2.45) is 5.10 Å². The molecule has 0 radical (unpaired) electrons. The molecule has 3 aliphatic heterocycles. The Labute approximate surface area is 278 Å². The highest BCUT2D eigenvalue weighted by Crippen LogP contribution is 2.42. The summed E-state index contributed by atoms with van der Waals surface area (Å²) in [7, 11) is 0. The minimum Gasteiger partial charge on any atom is -0.393 e. The molecule has 0 bridgehead atoms. The summed E-state index contributed by atoms with van der Waals surface area (Å²) in [5, 5.41) is 46.0. The number of nitrogens with one attached hydrogen (secondary N) is 1. The largest absolute Gasteiger partial charge is 0.393 e. The molecule has 0 spiro atoms. The minimum absolute atomic E-state index is 0.0310. The van der Waals surface area contributed by atoms with E-state index in [4.69, 9.17) is 10.5 Å². The van der Waals surface area contributed by atoms with Crippen LogP contribution in [-0.4, -0.2) is 35.9 Å². The molecule has 3 aromatic carbocycles. The summed E-state index contributed by atoms with van der Waals surface area (Å²) in [4.78, 5) is 13.7. The zero-order valence-electron chi connectivity index (χ0n) is 25.6. The second-order valence-corrected chi connectivity index (χ2v) is 11.5. The molecule has 2 N–H and O–H groups in total. The molecule has 9 nitrogen and oxygen atoms in total. The number of rotatable bonds is 6. The van der Waals surface area contributed by atoms with Gasteiger partial charge in [0.1, 0.15) is 23.9 Å². The number of nitriles is 3. The first-order valence-corrected chi connectivity index (χ1v) is 15.2. The number of anilines is 2. The van der Waals surface area contributed by atoms with Gasteiger partial charge in [-0.05, 0) is 42.2 Å². The number of halogens is 4. The summed E-state index contributed by atoms with van der Waals surface area (Å²) in [6.07, 6.45) is 2.53. The van der Waals surface area contributed by atoms with Crippen LogP contribution in [-0.2, 0) is 4.79 Å². The summed E-state index contributed by atoms with van der Waals surface area (Å²) in [5.41, 5.74) is -0.452. The van der Waals surface area contributed by atoms with E-state index in [1.165, 1.54) is 22.1 Å². The number of nitrogens with zero attached hydrogens (tertiary/aromatic N) is 6. The number of hydrogen-bond donors (Lipinski definition) is 2.